The van der Waals surface area contributed by atoms with Gasteiger partial charge in [-0.1, -0.05) is 42.5 Å². The zero-order valence-corrected chi connectivity index (χ0v) is 17.5. The lowest BCUT2D eigenvalue weighted by Crippen LogP contribution is -2.44. The molecule has 0 bridgehead atoms. The van der Waals surface area contributed by atoms with Crippen molar-refractivity contribution in [3.63, 3.8) is 0 Å². The van der Waals surface area contributed by atoms with E-state index in [1.165, 1.54) is 38.3 Å². The summed E-state index contributed by atoms with van der Waals surface area (Å²) in [5.41, 5.74) is 0.156. The summed E-state index contributed by atoms with van der Waals surface area (Å²) in [7, 11) is 0. The molecule has 1 atom stereocenters. The van der Waals surface area contributed by atoms with Gasteiger partial charge in [-0.15, -0.1) is 0 Å². The smallest absolute Gasteiger partial charge is 0.329 e. The molecule has 0 spiro atoms. The first-order valence-corrected chi connectivity index (χ1v) is 10.4. The third-order valence-electron chi connectivity index (χ3n) is 5.35. The van der Waals surface area contributed by atoms with Gasteiger partial charge in [0.1, 0.15) is 6.04 Å². The van der Waals surface area contributed by atoms with Crippen LogP contribution in [0.3, 0.4) is 0 Å². The van der Waals surface area contributed by atoms with Crippen LogP contribution in [0.5, 0.6) is 0 Å². The molecule has 3 rings (SSSR count). The number of nitrogens with zero attached hydrogens (tertiary/aromatic N) is 1. The van der Waals surface area contributed by atoms with E-state index in [0.717, 1.165) is 17.7 Å². The molecule has 1 heterocycles. The molecule has 1 N–H and O–H groups in total. The molecule has 9 heteroatoms. The summed E-state index contributed by atoms with van der Waals surface area (Å²) in [6.07, 6.45) is 5.75. The Morgan fingerprint density at radius 1 is 1.10 bits per heavy atom. The van der Waals surface area contributed by atoms with E-state index in [1.807, 2.05) is 0 Å². The van der Waals surface area contributed by atoms with Crippen LogP contribution >= 0.6 is 23.2 Å². The summed E-state index contributed by atoms with van der Waals surface area (Å²) in [6.45, 7) is 1.47. The minimum absolute atomic E-state index is 0.0780. The highest BCUT2D eigenvalue weighted by Crippen LogP contribution is 2.32. The first-order valence-electron chi connectivity index (χ1n) is 9.60. The fourth-order valence-electron chi connectivity index (χ4n) is 3.67. The number of amides is 3. The lowest BCUT2D eigenvalue weighted by Gasteiger charge is -2.22. The minimum atomic E-state index is -1.19. The van der Waals surface area contributed by atoms with Gasteiger partial charge in [0.25, 0.3) is 17.7 Å². The lowest BCUT2D eigenvalue weighted by atomic mass is 9.89. The number of hydrogen-bond donors (Lipinski definition) is 1. The van der Waals surface area contributed by atoms with Crippen LogP contribution in [0, 0.1) is 5.92 Å². The third-order valence-corrected chi connectivity index (χ3v) is 6.07. The van der Waals surface area contributed by atoms with E-state index in [9.17, 15) is 19.2 Å². The summed E-state index contributed by atoms with van der Waals surface area (Å²) in [5, 5.41) is 3.04. The third kappa shape index (κ3) is 4.73. The monoisotopic (exact) mass is 440 g/mol. The molecule has 0 unspecified atom stereocenters. The van der Waals surface area contributed by atoms with Gasteiger partial charge >= 0.3 is 5.97 Å². The van der Waals surface area contributed by atoms with Gasteiger partial charge < -0.3 is 10.1 Å². The summed E-state index contributed by atoms with van der Waals surface area (Å²) in [4.78, 5) is 50.2. The van der Waals surface area contributed by atoms with Gasteiger partial charge in [0.15, 0.2) is 6.61 Å². The van der Waals surface area contributed by atoms with Crippen LogP contribution in [0.25, 0.3) is 0 Å². The van der Waals surface area contributed by atoms with Gasteiger partial charge in [-0.3, -0.25) is 19.3 Å². The van der Waals surface area contributed by atoms with Crippen LogP contribution < -0.4 is 5.32 Å². The van der Waals surface area contributed by atoms with E-state index < -0.39 is 36.3 Å². The molecule has 1 aromatic rings. The Bertz CT molecular complexity index is 811. The number of halogens is 2. The normalized spacial score (nSPS) is 17.8. The topological polar surface area (TPSA) is 92.8 Å². The SMILES string of the molecule is C[C@@H](C(=O)OCC(=O)NCC1CCCCC1)N1C(=O)c2cc(Cl)c(Cl)cc2C1=O. The molecule has 1 aromatic carbocycles. The average molecular weight is 441 g/mol. The number of nitrogens with one attached hydrogen (secondary N) is 1. The predicted octanol–water partition coefficient (Wildman–Crippen LogP) is 3.22. The quantitative estimate of drug-likeness (QED) is 0.541. The number of ether oxygens (including phenoxy) is 1. The van der Waals surface area contributed by atoms with Crippen molar-refractivity contribution in [2.45, 2.75) is 45.1 Å². The van der Waals surface area contributed by atoms with Crippen LogP contribution in [0.2, 0.25) is 10.0 Å². The Hall–Kier alpha value is -2.12. The van der Waals surface area contributed by atoms with E-state index in [2.05, 4.69) is 5.32 Å². The first kappa shape index (κ1) is 21.6. The van der Waals surface area contributed by atoms with Crippen molar-refractivity contribution in [2.24, 2.45) is 5.92 Å². The van der Waals surface area contributed by atoms with Crippen molar-refractivity contribution in [1.82, 2.24) is 10.2 Å². The number of carbonyl (C=O) groups is 4. The number of hydrogen-bond acceptors (Lipinski definition) is 5. The summed E-state index contributed by atoms with van der Waals surface area (Å²) >= 11 is 11.8. The minimum Gasteiger partial charge on any atom is -0.454 e. The zero-order valence-electron chi connectivity index (χ0n) is 16.0. The second kappa shape index (κ2) is 9.13. The molecule has 0 saturated heterocycles. The zero-order chi connectivity index (χ0) is 21.1. The van der Waals surface area contributed by atoms with Crippen molar-refractivity contribution < 1.29 is 23.9 Å². The molecule has 156 valence electrons. The van der Waals surface area contributed by atoms with Gasteiger partial charge in [0, 0.05) is 6.54 Å². The molecule has 1 aliphatic heterocycles. The van der Waals surface area contributed by atoms with Gasteiger partial charge in [-0.05, 0) is 37.8 Å². The fourth-order valence-corrected chi connectivity index (χ4v) is 3.99. The number of fused-ring (bicyclic) bond motifs is 1. The molecule has 1 fully saturated rings. The standard InChI is InChI=1S/C20H22Cl2N2O5/c1-11(20(28)29-10-17(25)23-9-12-5-3-2-4-6-12)24-18(26)13-7-15(21)16(22)8-14(13)19(24)27/h7-8,11-12H,2-6,9-10H2,1H3,(H,23,25)/t11-/m0/s1. The maximum atomic E-state index is 12.5. The number of esters is 1. The largest absolute Gasteiger partial charge is 0.454 e. The van der Waals surface area contributed by atoms with Crippen LogP contribution in [0.4, 0.5) is 0 Å². The first-order chi connectivity index (χ1) is 13.8. The molecule has 7 nitrogen and oxygen atoms in total. The van der Waals surface area contributed by atoms with Crippen molar-refractivity contribution in [3.8, 4) is 0 Å². The van der Waals surface area contributed by atoms with Crippen molar-refractivity contribution >= 4 is 46.9 Å². The highest BCUT2D eigenvalue weighted by molar-refractivity contribution is 6.43. The number of carbonyl (C=O) groups excluding carboxylic acids is 4. The van der Waals surface area contributed by atoms with E-state index >= 15 is 0 Å². The second-order valence-electron chi connectivity index (χ2n) is 7.38. The number of rotatable bonds is 6. The molecule has 29 heavy (non-hydrogen) atoms. The molecule has 1 aliphatic carbocycles. The Kier molecular flexibility index (Phi) is 6.80. The van der Waals surface area contributed by atoms with Crippen molar-refractivity contribution in [3.05, 3.63) is 33.3 Å². The average Bonchev–Trinajstić information content (AvgIpc) is 2.95. The van der Waals surface area contributed by atoms with Gasteiger partial charge in [-0.2, -0.15) is 0 Å². The molecule has 0 radical (unpaired) electrons. The van der Waals surface area contributed by atoms with Crippen LogP contribution in [0.1, 0.15) is 59.7 Å². The molecular weight excluding hydrogens is 419 g/mol. The van der Waals surface area contributed by atoms with E-state index in [0.29, 0.717) is 12.5 Å². The highest BCUT2D eigenvalue weighted by Gasteiger charge is 2.42. The van der Waals surface area contributed by atoms with Gasteiger partial charge in [0.05, 0.1) is 21.2 Å². The fraction of sp³-hybridized carbons (Fsp3) is 0.500. The van der Waals surface area contributed by atoms with Crippen molar-refractivity contribution in [1.29, 1.82) is 0 Å². The van der Waals surface area contributed by atoms with Crippen LogP contribution in [-0.2, 0) is 14.3 Å². The van der Waals surface area contributed by atoms with Crippen LogP contribution in [0.15, 0.2) is 12.1 Å². The number of benzene rings is 1. The van der Waals surface area contributed by atoms with E-state index in [-0.39, 0.29) is 21.2 Å². The van der Waals surface area contributed by atoms with Crippen molar-refractivity contribution in [2.75, 3.05) is 13.2 Å². The van der Waals surface area contributed by atoms with Gasteiger partial charge in [0.2, 0.25) is 0 Å². The van der Waals surface area contributed by atoms with Gasteiger partial charge in [-0.25, -0.2) is 4.79 Å². The molecular formula is C20H22Cl2N2O5. The predicted molar refractivity (Wildman–Crippen MR) is 107 cm³/mol. The maximum absolute atomic E-state index is 12.5. The Morgan fingerprint density at radius 3 is 2.21 bits per heavy atom. The number of imide groups is 1. The Labute approximate surface area is 178 Å². The molecule has 3 amide bonds. The van der Waals surface area contributed by atoms with E-state index in [4.69, 9.17) is 27.9 Å². The molecule has 0 aromatic heterocycles. The molecule has 1 saturated carbocycles. The summed E-state index contributed by atoms with van der Waals surface area (Å²) in [6, 6.07) is 1.41. The molecule has 2 aliphatic rings. The highest BCUT2D eigenvalue weighted by atomic mass is 35.5. The lowest BCUT2D eigenvalue weighted by molar-refractivity contribution is -0.151. The van der Waals surface area contributed by atoms with Crippen LogP contribution in [-0.4, -0.2) is 47.8 Å². The second-order valence-corrected chi connectivity index (χ2v) is 8.20. The Balaban J connectivity index is 1.54. The Morgan fingerprint density at radius 2 is 1.66 bits per heavy atom. The summed E-state index contributed by atoms with van der Waals surface area (Å²) in [5.74, 6) is -2.11. The maximum Gasteiger partial charge on any atom is 0.329 e. The summed E-state index contributed by atoms with van der Waals surface area (Å²) < 4.78 is 5.01. The van der Waals surface area contributed by atoms with E-state index in [1.54, 1.807) is 0 Å².